The van der Waals surface area contributed by atoms with E-state index in [1.165, 1.54) is 9.21 Å². The van der Waals surface area contributed by atoms with Crippen LogP contribution in [0, 0.1) is 6.92 Å². The van der Waals surface area contributed by atoms with Gasteiger partial charge in [-0.25, -0.2) is 8.42 Å². The number of nitrogens with zero attached hydrogens (tertiary/aromatic N) is 2. The van der Waals surface area contributed by atoms with Crippen LogP contribution in [0.4, 0.5) is 5.69 Å². The average Bonchev–Trinajstić information content (AvgIpc) is 2.80. The molecule has 0 aliphatic heterocycles. The summed E-state index contributed by atoms with van der Waals surface area (Å²) in [6.07, 6.45) is 2.22. The van der Waals surface area contributed by atoms with Crippen LogP contribution in [0.15, 0.2) is 42.5 Å². The Hall–Kier alpha value is -2.29. The molecule has 1 atom stereocenters. The minimum atomic E-state index is -3.60. The lowest BCUT2D eigenvalue weighted by Crippen LogP contribution is -2.48. The summed E-state index contributed by atoms with van der Waals surface area (Å²) < 4.78 is 26.3. The maximum Gasteiger partial charge on any atom is 0.242 e. The Labute approximate surface area is 218 Å². The van der Waals surface area contributed by atoms with Crippen LogP contribution in [-0.2, 0) is 26.2 Å². The summed E-state index contributed by atoms with van der Waals surface area (Å²) in [6.45, 7) is 6.16. The molecule has 0 saturated heterocycles. The van der Waals surface area contributed by atoms with Gasteiger partial charge < -0.3 is 10.2 Å². The molecule has 2 aromatic rings. The standard InChI is InChI=1S/C25H33Cl2N3O4S/c1-5-15-28-25(32)19(3)29(17-20-10-6-7-11-22(20)27)24(31)14-9-16-30(35(4,33)34)23-13-8-12-21(26)18(23)2/h6-8,10-13,19H,5,9,14-17H2,1-4H3,(H,28,32)/t19-/m1/s1. The molecule has 7 nitrogen and oxygen atoms in total. The third kappa shape index (κ3) is 8.12. The van der Waals surface area contributed by atoms with Gasteiger partial charge in [0.15, 0.2) is 0 Å². The van der Waals surface area contributed by atoms with Crippen LogP contribution in [-0.4, -0.2) is 50.5 Å². The van der Waals surface area contributed by atoms with Gasteiger partial charge in [-0.05, 0) is 56.0 Å². The number of nitrogens with one attached hydrogen (secondary N) is 1. The molecule has 0 saturated carbocycles. The lowest BCUT2D eigenvalue weighted by molar-refractivity contribution is -0.140. The molecule has 35 heavy (non-hydrogen) atoms. The first-order valence-electron chi connectivity index (χ1n) is 11.5. The lowest BCUT2D eigenvalue weighted by Gasteiger charge is -2.30. The maximum atomic E-state index is 13.3. The van der Waals surface area contributed by atoms with E-state index < -0.39 is 16.1 Å². The molecule has 0 radical (unpaired) electrons. The van der Waals surface area contributed by atoms with Crippen molar-refractivity contribution in [3.8, 4) is 0 Å². The molecular weight excluding hydrogens is 509 g/mol. The molecule has 0 aliphatic carbocycles. The van der Waals surface area contributed by atoms with Crippen LogP contribution in [0.25, 0.3) is 0 Å². The van der Waals surface area contributed by atoms with E-state index in [2.05, 4.69) is 5.32 Å². The summed E-state index contributed by atoms with van der Waals surface area (Å²) in [5.41, 5.74) is 1.85. The summed E-state index contributed by atoms with van der Waals surface area (Å²) >= 11 is 12.5. The summed E-state index contributed by atoms with van der Waals surface area (Å²) in [6, 6.07) is 11.5. The van der Waals surface area contributed by atoms with E-state index in [0.717, 1.165) is 18.2 Å². The Balaban J connectivity index is 2.20. The number of anilines is 1. The monoisotopic (exact) mass is 541 g/mol. The van der Waals surface area contributed by atoms with Gasteiger partial charge >= 0.3 is 0 Å². The number of carbonyl (C=O) groups excluding carboxylic acids is 2. The third-order valence-electron chi connectivity index (χ3n) is 5.68. The van der Waals surface area contributed by atoms with E-state index in [4.69, 9.17) is 23.2 Å². The Morgan fingerprint density at radius 2 is 1.71 bits per heavy atom. The molecule has 10 heteroatoms. The van der Waals surface area contributed by atoms with Gasteiger partial charge in [-0.1, -0.05) is 54.4 Å². The minimum Gasteiger partial charge on any atom is -0.354 e. The van der Waals surface area contributed by atoms with Gasteiger partial charge in [0.1, 0.15) is 6.04 Å². The van der Waals surface area contributed by atoms with Crippen molar-refractivity contribution in [3.63, 3.8) is 0 Å². The summed E-state index contributed by atoms with van der Waals surface area (Å²) in [4.78, 5) is 27.4. The topological polar surface area (TPSA) is 86.8 Å². The molecule has 0 fully saturated rings. The van der Waals surface area contributed by atoms with Crippen molar-refractivity contribution in [3.05, 3.63) is 63.6 Å². The van der Waals surface area contributed by atoms with Crippen LogP contribution < -0.4 is 9.62 Å². The Bertz CT molecular complexity index is 1140. The summed E-state index contributed by atoms with van der Waals surface area (Å²) in [7, 11) is -3.60. The number of amides is 2. The normalized spacial score (nSPS) is 12.2. The van der Waals surface area contributed by atoms with E-state index in [1.54, 1.807) is 44.2 Å². The van der Waals surface area contributed by atoms with Gasteiger partial charge in [-0.2, -0.15) is 0 Å². The average molecular weight is 543 g/mol. The maximum absolute atomic E-state index is 13.3. The molecule has 0 aliphatic rings. The van der Waals surface area contributed by atoms with Crippen LogP contribution in [0.2, 0.25) is 10.0 Å². The van der Waals surface area contributed by atoms with Gasteiger partial charge in [-0.15, -0.1) is 0 Å². The second kappa shape index (κ2) is 13.1. The van der Waals surface area contributed by atoms with Crippen molar-refractivity contribution < 1.29 is 18.0 Å². The van der Waals surface area contributed by atoms with Gasteiger partial charge in [0.2, 0.25) is 21.8 Å². The minimum absolute atomic E-state index is 0.0570. The quantitative estimate of drug-likeness (QED) is 0.418. The first-order valence-corrected chi connectivity index (χ1v) is 14.1. The van der Waals surface area contributed by atoms with Crippen LogP contribution in [0.1, 0.15) is 44.2 Å². The highest BCUT2D eigenvalue weighted by atomic mass is 35.5. The molecule has 0 heterocycles. The number of rotatable bonds is 12. The zero-order chi connectivity index (χ0) is 26.2. The fraction of sp³-hybridized carbons (Fsp3) is 0.440. The summed E-state index contributed by atoms with van der Waals surface area (Å²) in [5, 5.41) is 3.80. The van der Waals surface area contributed by atoms with E-state index in [9.17, 15) is 18.0 Å². The van der Waals surface area contributed by atoms with E-state index in [1.807, 2.05) is 19.1 Å². The zero-order valence-corrected chi connectivity index (χ0v) is 22.9. The number of carbonyl (C=O) groups is 2. The highest BCUT2D eigenvalue weighted by Crippen LogP contribution is 2.28. The van der Waals surface area contributed by atoms with Gasteiger partial charge in [0.05, 0.1) is 11.9 Å². The van der Waals surface area contributed by atoms with E-state index in [-0.39, 0.29) is 37.7 Å². The fourth-order valence-corrected chi connectivity index (χ4v) is 5.02. The van der Waals surface area contributed by atoms with Gasteiger partial charge in [0, 0.05) is 36.1 Å². The van der Waals surface area contributed by atoms with Crippen molar-refractivity contribution in [2.24, 2.45) is 0 Å². The van der Waals surface area contributed by atoms with Crippen molar-refractivity contribution in [1.82, 2.24) is 10.2 Å². The van der Waals surface area contributed by atoms with E-state index >= 15 is 0 Å². The van der Waals surface area contributed by atoms with Crippen molar-refractivity contribution >= 4 is 50.7 Å². The van der Waals surface area contributed by atoms with Crippen molar-refractivity contribution in [1.29, 1.82) is 0 Å². The first-order chi connectivity index (χ1) is 16.5. The zero-order valence-electron chi connectivity index (χ0n) is 20.6. The summed E-state index contributed by atoms with van der Waals surface area (Å²) in [5.74, 6) is -0.514. The van der Waals surface area contributed by atoms with Crippen molar-refractivity contribution in [2.75, 3.05) is 23.7 Å². The number of halogens is 2. The Morgan fingerprint density at radius 3 is 2.34 bits per heavy atom. The third-order valence-corrected chi connectivity index (χ3v) is 7.63. The fourth-order valence-electron chi connectivity index (χ4n) is 3.64. The van der Waals surface area contributed by atoms with Crippen LogP contribution >= 0.6 is 23.2 Å². The smallest absolute Gasteiger partial charge is 0.242 e. The number of hydrogen-bond acceptors (Lipinski definition) is 4. The highest BCUT2D eigenvalue weighted by molar-refractivity contribution is 7.92. The largest absolute Gasteiger partial charge is 0.354 e. The van der Waals surface area contributed by atoms with Gasteiger partial charge in [-0.3, -0.25) is 13.9 Å². The van der Waals surface area contributed by atoms with E-state index in [0.29, 0.717) is 27.8 Å². The predicted molar refractivity (Wildman–Crippen MR) is 142 cm³/mol. The number of sulfonamides is 1. The number of hydrogen-bond donors (Lipinski definition) is 1. The van der Waals surface area contributed by atoms with Crippen LogP contribution in [0.5, 0.6) is 0 Å². The SMILES string of the molecule is CCCNC(=O)[C@@H](C)N(Cc1ccccc1Cl)C(=O)CCCN(c1cccc(Cl)c1C)S(C)(=O)=O. The molecule has 0 spiro atoms. The predicted octanol–water partition coefficient (Wildman–Crippen LogP) is 4.79. The van der Waals surface area contributed by atoms with Crippen LogP contribution in [0.3, 0.4) is 0 Å². The highest BCUT2D eigenvalue weighted by Gasteiger charge is 2.27. The second-order valence-electron chi connectivity index (χ2n) is 8.40. The molecule has 192 valence electrons. The second-order valence-corrected chi connectivity index (χ2v) is 11.1. The molecule has 1 N–H and O–H groups in total. The molecule has 2 aromatic carbocycles. The Kier molecular flexibility index (Phi) is 10.9. The Morgan fingerprint density at radius 1 is 1.06 bits per heavy atom. The molecule has 2 rings (SSSR count). The molecule has 2 amide bonds. The van der Waals surface area contributed by atoms with Gasteiger partial charge in [0.25, 0.3) is 0 Å². The molecule has 0 unspecified atom stereocenters. The number of benzene rings is 2. The molecule has 0 bridgehead atoms. The molecular formula is C25H33Cl2N3O4S. The first kappa shape index (κ1) is 28.9. The lowest BCUT2D eigenvalue weighted by atomic mass is 10.1. The van der Waals surface area contributed by atoms with Crippen molar-refractivity contribution in [2.45, 2.75) is 52.6 Å². The molecule has 0 aromatic heterocycles.